The van der Waals surface area contributed by atoms with Crippen molar-refractivity contribution < 1.29 is 4.74 Å². The fourth-order valence-corrected chi connectivity index (χ4v) is 2.31. The highest BCUT2D eigenvalue weighted by molar-refractivity contribution is 5.39. The molecule has 1 N–H and O–H groups in total. The van der Waals surface area contributed by atoms with Crippen LogP contribution in [0.5, 0.6) is 5.88 Å². The molecule has 1 aliphatic rings. The second-order valence-electron chi connectivity index (χ2n) is 4.72. The molecule has 0 aromatic carbocycles. The Balaban J connectivity index is 1.94. The fourth-order valence-electron chi connectivity index (χ4n) is 2.31. The maximum absolute atomic E-state index is 5.40. The van der Waals surface area contributed by atoms with Crippen molar-refractivity contribution in [2.45, 2.75) is 19.8 Å². The third-order valence-corrected chi connectivity index (χ3v) is 3.30. The maximum atomic E-state index is 5.40. The molecule has 0 radical (unpaired) electrons. The van der Waals surface area contributed by atoms with E-state index in [0.29, 0.717) is 12.5 Å². The second-order valence-corrected chi connectivity index (χ2v) is 4.72. The summed E-state index contributed by atoms with van der Waals surface area (Å²) in [5.74, 6) is 2.34. The van der Waals surface area contributed by atoms with Crippen molar-refractivity contribution in [1.82, 2.24) is 15.3 Å². The lowest BCUT2D eigenvalue weighted by molar-refractivity contribution is 0.326. The Hall–Kier alpha value is -1.36. The second kappa shape index (κ2) is 6.54. The highest BCUT2D eigenvalue weighted by Gasteiger charge is 2.16. The zero-order valence-corrected chi connectivity index (χ0v) is 11.2. The zero-order chi connectivity index (χ0) is 12.8. The molecule has 1 aromatic rings. The number of rotatable bonds is 5. The van der Waals surface area contributed by atoms with Gasteiger partial charge in [-0.3, -0.25) is 0 Å². The maximum Gasteiger partial charge on any atom is 0.218 e. The molecule has 0 spiro atoms. The highest BCUT2D eigenvalue weighted by atomic mass is 16.5. The molecular weight excluding hydrogens is 228 g/mol. The third-order valence-electron chi connectivity index (χ3n) is 3.30. The van der Waals surface area contributed by atoms with Crippen LogP contribution in [-0.4, -0.2) is 43.3 Å². The van der Waals surface area contributed by atoms with Gasteiger partial charge in [0.15, 0.2) is 0 Å². The molecule has 18 heavy (non-hydrogen) atoms. The molecule has 2 rings (SSSR count). The van der Waals surface area contributed by atoms with E-state index in [-0.39, 0.29) is 0 Å². The van der Waals surface area contributed by atoms with Crippen LogP contribution in [-0.2, 0) is 0 Å². The Labute approximate surface area is 109 Å². The minimum Gasteiger partial charge on any atom is -0.478 e. The van der Waals surface area contributed by atoms with Gasteiger partial charge in [0, 0.05) is 19.7 Å². The van der Waals surface area contributed by atoms with Crippen molar-refractivity contribution in [3.05, 3.63) is 12.4 Å². The number of nitrogens with one attached hydrogen (secondary N) is 1. The van der Waals surface area contributed by atoms with Crippen LogP contribution >= 0.6 is 0 Å². The molecule has 0 amide bonds. The highest BCUT2D eigenvalue weighted by Crippen LogP contribution is 2.18. The molecule has 5 heteroatoms. The minimum atomic E-state index is 0.633. The SMILES string of the molecule is CCOc1cc(N(C)CC2CCNCC2)ncn1. The van der Waals surface area contributed by atoms with E-state index in [4.69, 9.17) is 4.74 Å². The van der Waals surface area contributed by atoms with Gasteiger partial charge in [-0.15, -0.1) is 0 Å². The first-order valence-corrected chi connectivity index (χ1v) is 6.66. The van der Waals surface area contributed by atoms with E-state index in [1.807, 2.05) is 13.0 Å². The number of ether oxygens (including phenoxy) is 1. The fraction of sp³-hybridized carbons (Fsp3) is 0.692. The van der Waals surface area contributed by atoms with Crippen LogP contribution in [0, 0.1) is 5.92 Å². The molecule has 0 aliphatic carbocycles. The van der Waals surface area contributed by atoms with Crippen LogP contribution in [0.4, 0.5) is 5.82 Å². The summed E-state index contributed by atoms with van der Waals surface area (Å²) >= 11 is 0. The summed E-state index contributed by atoms with van der Waals surface area (Å²) in [6.07, 6.45) is 4.06. The molecule has 1 saturated heterocycles. The Morgan fingerprint density at radius 3 is 2.89 bits per heavy atom. The Morgan fingerprint density at radius 1 is 1.39 bits per heavy atom. The first-order chi connectivity index (χ1) is 8.79. The topological polar surface area (TPSA) is 50.3 Å². The van der Waals surface area contributed by atoms with Gasteiger partial charge < -0.3 is 15.0 Å². The number of hydrogen-bond donors (Lipinski definition) is 1. The van der Waals surface area contributed by atoms with E-state index in [2.05, 4.69) is 27.2 Å². The predicted octanol–water partition coefficient (Wildman–Crippen LogP) is 1.31. The molecule has 1 fully saturated rings. The molecule has 5 nitrogen and oxygen atoms in total. The van der Waals surface area contributed by atoms with Crippen LogP contribution in [0.2, 0.25) is 0 Å². The number of nitrogens with zero attached hydrogens (tertiary/aromatic N) is 3. The summed E-state index contributed by atoms with van der Waals surface area (Å²) in [5, 5.41) is 3.39. The first-order valence-electron chi connectivity index (χ1n) is 6.66. The van der Waals surface area contributed by atoms with Gasteiger partial charge in [-0.2, -0.15) is 0 Å². The smallest absolute Gasteiger partial charge is 0.218 e. The van der Waals surface area contributed by atoms with Gasteiger partial charge in [-0.05, 0) is 38.8 Å². The van der Waals surface area contributed by atoms with Gasteiger partial charge in [0.2, 0.25) is 5.88 Å². The van der Waals surface area contributed by atoms with E-state index >= 15 is 0 Å². The quantitative estimate of drug-likeness (QED) is 0.854. The third kappa shape index (κ3) is 3.57. The van der Waals surface area contributed by atoms with E-state index in [9.17, 15) is 0 Å². The number of piperidine rings is 1. The van der Waals surface area contributed by atoms with Gasteiger partial charge in [0.05, 0.1) is 6.61 Å². The van der Waals surface area contributed by atoms with Gasteiger partial charge in [0.25, 0.3) is 0 Å². The lowest BCUT2D eigenvalue weighted by Gasteiger charge is -2.28. The van der Waals surface area contributed by atoms with Crippen molar-refractivity contribution >= 4 is 5.82 Å². The molecule has 2 heterocycles. The summed E-state index contributed by atoms with van der Waals surface area (Å²) in [6.45, 7) is 5.90. The lowest BCUT2D eigenvalue weighted by atomic mass is 9.98. The van der Waals surface area contributed by atoms with Gasteiger partial charge in [-0.1, -0.05) is 0 Å². The van der Waals surface area contributed by atoms with Gasteiger partial charge >= 0.3 is 0 Å². The van der Waals surface area contributed by atoms with Crippen molar-refractivity contribution in [2.24, 2.45) is 5.92 Å². The summed E-state index contributed by atoms with van der Waals surface area (Å²) in [5.41, 5.74) is 0. The minimum absolute atomic E-state index is 0.633. The van der Waals surface area contributed by atoms with E-state index in [0.717, 1.165) is 31.4 Å². The molecule has 1 aromatic heterocycles. The first kappa shape index (κ1) is 13.1. The molecule has 1 aliphatic heterocycles. The van der Waals surface area contributed by atoms with Crippen LogP contribution in [0.3, 0.4) is 0 Å². The van der Waals surface area contributed by atoms with Gasteiger partial charge in [0.1, 0.15) is 12.1 Å². The van der Waals surface area contributed by atoms with Crippen molar-refractivity contribution in [2.75, 3.05) is 38.2 Å². The zero-order valence-electron chi connectivity index (χ0n) is 11.2. The van der Waals surface area contributed by atoms with E-state index in [1.54, 1.807) is 6.33 Å². The number of hydrogen-bond acceptors (Lipinski definition) is 5. The van der Waals surface area contributed by atoms with Gasteiger partial charge in [-0.25, -0.2) is 9.97 Å². The Kier molecular flexibility index (Phi) is 4.75. The largest absolute Gasteiger partial charge is 0.478 e. The van der Waals surface area contributed by atoms with E-state index in [1.165, 1.54) is 12.8 Å². The van der Waals surface area contributed by atoms with Crippen LogP contribution < -0.4 is 15.0 Å². The average molecular weight is 250 g/mol. The molecule has 0 atom stereocenters. The number of aromatic nitrogens is 2. The van der Waals surface area contributed by atoms with Crippen LogP contribution in [0.1, 0.15) is 19.8 Å². The Bertz CT molecular complexity index is 366. The average Bonchev–Trinajstić information content (AvgIpc) is 2.40. The molecular formula is C13H22N4O. The standard InChI is InChI=1S/C13H22N4O/c1-3-18-13-8-12(15-10-16-13)17(2)9-11-4-6-14-7-5-11/h8,10-11,14H,3-7,9H2,1-2H3. The molecule has 0 saturated carbocycles. The summed E-state index contributed by atoms with van der Waals surface area (Å²) in [7, 11) is 2.08. The van der Waals surface area contributed by atoms with Crippen LogP contribution in [0.15, 0.2) is 12.4 Å². The number of anilines is 1. The Morgan fingerprint density at radius 2 is 2.17 bits per heavy atom. The molecule has 0 bridgehead atoms. The van der Waals surface area contributed by atoms with Crippen LogP contribution in [0.25, 0.3) is 0 Å². The predicted molar refractivity (Wildman–Crippen MR) is 72.1 cm³/mol. The summed E-state index contributed by atoms with van der Waals surface area (Å²) < 4.78 is 5.40. The van der Waals surface area contributed by atoms with E-state index < -0.39 is 0 Å². The monoisotopic (exact) mass is 250 g/mol. The summed E-state index contributed by atoms with van der Waals surface area (Å²) in [6, 6.07) is 1.91. The normalized spacial score (nSPS) is 16.6. The van der Waals surface area contributed by atoms with Crippen molar-refractivity contribution in [3.63, 3.8) is 0 Å². The molecule has 100 valence electrons. The van der Waals surface area contributed by atoms with Crippen molar-refractivity contribution in [3.8, 4) is 5.88 Å². The molecule has 0 unspecified atom stereocenters. The van der Waals surface area contributed by atoms with Crippen molar-refractivity contribution in [1.29, 1.82) is 0 Å². The summed E-state index contributed by atoms with van der Waals surface area (Å²) in [4.78, 5) is 10.6. The lowest BCUT2D eigenvalue weighted by Crippen LogP contribution is -2.34.